The first kappa shape index (κ1) is 23.2. The van der Waals surface area contributed by atoms with Crippen LogP contribution in [0.2, 0.25) is 0 Å². The van der Waals surface area contributed by atoms with E-state index in [9.17, 15) is 9.90 Å². The van der Waals surface area contributed by atoms with Crippen molar-refractivity contribution in [3.8, 4) is 5.75 Å². The molecule has 1 N–H and O–H groups in total. The number of piperidine rings is 1. The highest BCUT2D eigenvalue weighted by molar-refractivity contribution is 5.83. The van der Waals surface area contributed by atoms with E-state index in [0.29, 0.717) is 6.54 Å². The number of methoxy groups -OCH3 is 1. The molecule has 4 rings (SSSR count). The van der Waals surface area contributed by atoms with E-state index in [1.54, 1.807) is 13.3 Å². The Morgan fingerprint density at radius 1 is 1.18 bits per heavy atom. The molecule has 1 aromatic carbocycles. The molecule has 2 atom stereocenters. The molecule has 0 spiro atoms. The molecule has 6 nitrogen and oxygen atoms in total. The van der Waals surface area contributed by atoms with Gasteiger partial charge in [0.1, 0.15) is 5.75 Å². The summed E-state index contributed by atoms with van der Waals surface area (Å²) in [4.78, 5) is 23.0. The van der Waals surface area contributed by atoms with E-state index in [1.165, 1.54) is 11.1 Å². The van der Waals surface area contributed by atoms with Gasteiger partial charge in [-0.25, -0.2) is 0 Å². The maximum Gasteiger partial charge on any atom is 0.308 e. The molecule has 0 bridgehead atoms. The summed E-state index contributed by atoms with van der Waals surface area (Å²) >= 11 is 0. The Balaban J connectivity index is 1.29. The number of hydrogen-bond donors (Lipinski definition) is 1. The Hall–Kier alpha value is -2.99. The van der Waals surface area contributed by atoms with Crippen LogP contribution in [-0.4, -0.2) is 52.7 Å². The summed E-state index contributed by atoms with van der Waals surface area (Å²) in [5, 5.41) is 11.0. The molecular formula is C27H33N3O3. The number of ether oxygens (including phenoxy) is 1. The summed E-state index contributed by atoms with van der Waals surface area (Å²) in [6.45, 7) is 2.58. The van der Waals surface area contributed by atoms with Crippen molar-refractivity contribution in [2.24, 2.45) is 11.8 Å². The highest BCUT2D eigenvalue weighted by Gasteiger charge is 2.33. The van der Waals surface area contributed by atoms with E-state index in [4.69, 9.17) is 4.74 Å². The lowest BCUT2D eigenvalue weighted by atomic mass is 9.81. The van der Waals surface area contributed by atoms with E-state index in [2.05, 4.69) is 27.0 Å². The second-order valence-corrected chi connectivity index (χ2v) is 9.00. The molecule has 1 fully saturated rings. The fraction of sp³-hybridized carbons (Fsp3) is 0.444. The number of pyridine rings is 2. The van der Waals surface area contributed by atoms with E-state index in [-0.39, 0.29) is 11.8 Å². The number of nitrogens with zero attached hydrogens (tertiary/aromatic N) is 3. The summed E-state index contributed by atoms with van der Waals surface area (Å²) in [6.07, 6.45) is 11.4. The van der Waals surface area contributed by atoms with Crippen LogP contribution in [0.15, 0.2) is 55.0 Å². The number of carboxylic acid groups (broad SMARTS) is 1. The van der Waals surface area contributed by atoms with Crippen LogP contribution in [0.4, 0.5) is 0 Å². The van der Waals surface area contributed by atoms with Gasteiger partial charge in [0.25, 0.3) is 0 Å². The number of fused-ring (bicyclic) bond motifs is 1. The SMILES string of the molecule is COc1ccc2nccc(CCC[C@@H]3CCN(CCCc4cccnc4)C[C@@H]3C(=O)O)c2c1. The fourth-order valence-electron chi connectivity index (χ4n) is 5.03. The lowest BCUT2D eigenvalue weighted by Gasteiger charge is -2.36. The largest absolute Gasteiger partial charge is 0.497 e. The second kappa shape index (κ2) is 11.2. The van der Waals surface area contributed by atoms with Crippen molar-refractivity contribution < 1.29 is 14.6 Å². The minimum absolute atomic E-state index is 0.236. The van der Waals surface area contributed by atoms with Gasteiger partial charge in [-0.1, -0.05) is 6.07 Å². The lowest BCUT2D eigenvalue weighted by molar-refractivity contribution is -0.146. The van der Waals surface area contributed by atoms with Crippen LogP contribution in [0.5, 0.6) is 5.75 Å². The van der Waals surface area contributed by atoms with Crippen molar-refractivity contribution in [3.05, 3.63) is 66.1 Å². The molecule has 3 aromatic rings. The molecule has 33 heavy (non-hydrogen) atoms. The number of benzene rings is 1. The van der Waals surface area contributed by atoms with Gasteiger partial charge in [0.2, 0.25) is 0 Å². The molecule has 0 saturated carbocycles. The van der Waals surface area contributed by atoms with Crippen LogP contribution >= 0.6 is 0 Å². The zero-order chi connectivity index (χ0) is 23.0. The third-order valence-corrected chi connectivity index (χ3v) is 6.88. The number of aromatic nitrogens is 2. The molecule has 174 valence electrons. The maximum atomic E-state index is 12.0. The third kappa shape index (κ3) is 6.08. The summed E-state index contributed by atoms with van der Waals surface area (Å²) < 4.78 is 5.38. The molecule has 3 heterocycles. The second-order valence-electron chi connectivity index (χ2n) is 9.00. The number of aryl methyl sites for hydroxylation is 2. The predicted molar refractivity (Wildman–Crippen MR) is 129 cm³/mol. The topological polar surface area (TPSA) is 75.5 Å². The highest BCUT2D eigenvalue weighted by Crippen LogP contribution is 2.30. The number of carbonyl (C=O) groups is 1. The third-order valence-electron chi connectivity index (χ3n) is 6.88. The van der Waals surface area contributed by atoms with Gasteiger partial charge in [-0.2, -0.15) is 0 Å². The standard InChI is InChI=1S/C27H33N3O3/c1-33-23-9-10-26-24(17-23)21(11-14-29-26)7-2-8-22-12-16-30(19-25(22)27(31)32)15-4-6-20-5-3-13-28-18-20/h3,5,9-11,13-14,17-18,22,25H,2,4,6-8,12,15-16,19H2,1H3,(H,31,32)/t22-,25+/m1/s1. The van der Waals surface area contributed by atoms with Crippen molar-refractivity contribution in [2.75, 3.05) is 26.7 Å². The Labute approximate surface area is 195 Å². The molecular weight excluding hydrogens is 414 g/mol. The normalized spacial score (nSPS) is 18.9. The number of rotatable bonds is 10. The lowest BCUT2D eigenvalue weighted by Crippen LogP contribution is -2.44. The van der Waals surface area contributed by atoms with Crippen LogP contribution < -0.4 is 4.74 Å². The van der Waals surface area contributed by atoms with E-state index >= 15 is 0 Å². The van der Waals surface area contributed by atoms with Crippen LogP contribution in [0, 0.1) is 11.8 Å². The van der Waals surface area contributed by atoms with Gasteiger partial charge in [0, 0.05) is 30.5 Å². The molecule has 6 heteroatoms. The smallest absolute Gasteiger partial charge is 0.308 e. The van der Waals surface area contributed by atoms with Gasteiger partial charge < -0.3 is 14.7 Å². The zero-order valence-corrected chi connectivity index (χ0v) is 19.3. The first-order chi connectivity index (χ1) is 16.1. The number of hydrogen-bond acceptors (Lipinski definition) is 5. The molecule has 1 aliphatic heterocycles. The van der Waals surface area contributed by atoms with Crippen molar-refractivity contribution >= 4 is 16.9 Å². The maximum absolute atomic E-state index is 12.0. The van der Waals surface area contributed by atoms with Gasteiger partial charge in [0.05, 0.1) is 18.5 Å². The fourth-order valence-corrected chi connectivity index (χ4v) is 5.03. The quantitative estimate of drug-likeness (QED) is 0.489. The zero-order valence-electron chi connectivity index (χ0n) is 19.3. The van der Waals surface area contributed by atoms with Gasteiger partial charge in [-0.15, -0.1) is 0 Å². The first-order valence-electron chi connectivity index (χ1n) is 11.9. The molecule has 1 saturated heterocycles. The summed E-state index contributed by atoms with van der Waals surface area (Å²) in [6, 6.07) is 12.1. The summed E-state index contributed by atoms with van der Waals surface area (Å²) in [5.74, 6) is 0.126. The first-order valence-corrected chi connectivity index (χ1v) is 11.9. The van der Waals surface area contributed by atoms with Gasteiger partial charge >= 0.3 is 5.97 Å². The Morgan fingerprint density at radius 3 is 2.88 bits per heavy atom. The Bertz CT molecular complexity index is 1060. The van der Waals surface area contributed by atoms with Crippen molar-refractivity contribution in [3.63, 3.8) is 0 Å². The minimum atomic E-state index is -0.656. The van der Waals surface area contributed by atoms with E-state index < -0.39 is 5.97 Å². The summed E-state index contributed by atoms with van der Waals surface area (Å²) in [7, 11) is 1.68. The van der Waals surface area contributed by atoms with Gasteiger partial charge in [-0.3, -0.25) is 14.8 Å². The minimum Gasteiger partial charge on any atom is -0.497 e. The van der Waals surface area contributed by atoms with Crippen LogP contribution in [0.1, 0.15) is 36.8 Å². The highest BCUT2D eigenvalue weighted by atomic mass is 16.5. The van der Waals surface area contributed by atoms with Gasteiger partial charge in [0.15, 0.2) is 0 Å². The number of aliphatic carboxylic acids is 1. The van der Waals surface area contributed by atoms with Crippen molar-refractivity contribution in [2.45, 2.75) is 38.5 Å². The predicted octanol–water partition coefficient (Wildman–Crippen LogP) is 4.62. The Kier molecular flexibility index (Phi) is 7.89. The molecule has 0 aliphatic carbocycles. The van der Waals surface area contributed by atoms with Crippen LogP contribution in [0.25, 0.3) is 10.9 Å². The van der Waals surface area contributed by atoms with Crippen LogP contribution in [-0.2, 0) is 17.6 Å². The molecule has 0 amide bonds. The van der Waals surface area contributed by atoms with Crippen molar-refractivity contribution in [1.82, 2.24) is 14.9 Å². The van der Waals surface area contributed by atoms with Crippen molar-refractivity contribution in [1.29, 1.82) is 0 Å². The molecule has 0 radical (unpaired) electrons. The number of likely N-dealkylation sites (tertiary alicyclic amines) is 1. The molecule has 2 aromatic heterocycles. The summed E-state index contributed by atoms with van der Waals surface area (Å²) in [5.41, 5.74) is 3.46. The molecule has 1 aliphatic rings. The van der Waals surface area contributed by atoms with Crippen LogP contribution in [0.3, 0.4) is 0 Å². The average molecular weight is 448 g/mol. The Morgan fingerprint density at radius 2 is 2.09 bits per heavy atom. The van der Waals surface area contributed by atoms with E-state index in [0.717, 1.165) is 68.3 Å². The number of carboxylic acids is 1. The average Bonchev–Trinajstić information content (AvgIpc) is 2.85. The van der Waals surface area contributed by atoms with E-state index in [1.807, 2.05) is 36.7 Å². The monoisotopic (exact) mass is 447 g/mol. The molecule has 0 unspecified atom stereocenters. The van der Waals surface area contributed by atoms with Gasteiger partial charge in [-0.05, 0) is 99.0 Å².